The lowest BCUT2D eigenvalue weighted by Crippen LogP contribution is -2.02. The molecule has 0 fully saturated rings. The predicted molar refractivity (Wildman–Crippen MR) is 72.8 cm³/mol. The molecule has 0 aliphatic heterocycles. The fourth-order valence-corrected chi connectivity index (χ4v) is 1.96. The van der Waals surface area contributed by atoms with E-state index in [4.69, 9.17) is 16.3 Å². The van der Waals surface area contributed by atoms with E-state index in [1.165, 1.54) is 18.2 Å². The van der Waals surface area contributed by atoms with Crippen LogP contribution in [-0.2, 0) is 6.61 Å². The number of hydrogen-bond donors (Lipinski definition) is 1. The third-order valence-electron chi connectivity index (χ3n) is 2.87. The van der Waals surface area contributed by atoms with Gasteiger partial charge >= 0.3 is 0 Å². The van der Waals surface area contributed by atoms with E-state index in [1.807, 2.05) is 0 Å². The minimum atomic E-state index is -0.665. The van der Waals surface area contributed by atoms with Crippen molar-refractivity contribution in [3.05, 3.63) is 64.2 Å². The van der Waals surface area contributed by atoms with Gasteiger partial charge in [-0.25, -0.2) is 8.78 Å². The third-order valence-corrected chi connectivity index (χ3v) is 3.17. The topological polar surface area (TPSA) is 29.5 Å². The zero-order valence-electron chi connectivity index (χ0n) is 10.7. The van der Waals surface area contributed by atoms with Gasteiger partial charge in [0.15, 0.2) is 0 Å². The number of benzene rings is 2. The molecule has 0 radical (unpaired) electrons. The van der Waals surface area contributed by atoms with Crippen LogP contribution >= 0.6 is 11.6 Å². The van der Waals surface area contributed by atoms with Crippen LogP contribution in [0.2, 0.25) is 5.02 Å². The summed E-state index contributed by atoms with van der Waals surface area (Å²) < 4.78 is 32.2. The van der Waals surface area contributed by atoms with Crippen molar-refractivity contribution < 1.29 is 18.6 Å². The summed E-state index contributed by atoms with van der Waals surface area (Å²) in [6.07, 6.45) is -0.648. The Morgan fingerprint density at radius 3 is 2.40 bits per heavy atom. The second-order valence-corrected chi connectivity index (χ2v) is 4.76. The first-order valence-electron chi connectivity index (χ1n) is 6.02. The van der Waals surface area contributed by atoms with E-state index in [0.29, 0.717) is 11.3 Å². The number of hydrogen-bond acceptors (Lipinski definition) is 2. The second kappa shape index (κ2) is 6.20. The molecule has 20 heavy (non-hydrogen) atoms. The molecule has 0 aromatic heterocycles. The smallest absolute Gasteiger partial charge is 0.138 e. The molecule has 0 heterocycles. The average molecular weight is 299 g/mol. The summed E-state index contributed by atoms with van der Waals surface area (Å²) in [5.41, 5.74) is 0.489. The second-order valence-electron chi connectivity index (χ2n) is 4.35. The molecule has 1 unspecified atom stereocenters. The molecule has 2 aromatic rings. The molecule has 0 spiro atoms. The van der Waals surface area contributed by atoms with Crippen molar-refractivity contribution in [1.82, 2.24) is 0 Å². The van der Waals surface area contributed by atoms with Gasteiger partial charge in [-0.3, -0.25) is 0 Å². The van der Waals surface area contributed by atoms with Crippen LogP contribution in [0.25, 0.3) is 0 Å². The molecule has 0 bridgehead atoms. The molecule has 0 saturated carbocycles. The SMILES string of the molecule is CC(O)c1ccc(OCc2c(F)cccc2F)c(Cl)c1. The van der Waals surface area contributed by atoms with E-state index in [-0.39, 0.29) is 17.2 Å². The summed E-state index contributed by atoms with van der Waals surface area (Å²) in [5.74, 6) is -1.03. The van der Waals surface area contributed by atoms with Gasteiger partial charge in [0, 0.05) is 0 Å². The minimum absolute atomic E-state index is 0.150. The number of rotatable bonds is 4. The fraction of sp³-hybridized carbons (Fsp3) is 0.200. The Bertz CT molecular complexity index is 595. The van der Waals surface area contributed by atoms with Crippen molar-refractivity contribution in [2.24, 2.45) is 0 Å². The van der Waals surface area contributed by atoms with Crippen LogP contribution in [0.15, 0.2) is 36.4 Å². The zero-order chi connectivity index (χ0) is 14.7. The van der Waals surface area contributed by atoms with E-state index in [0.717, 1.165) is 0 Å². The van der Waals surface area contributed by atoms with Crippen LogP contribution in [0.5, 0.6) is 5.75 Å². The molecule has 0 saturated heterocycles. The number of aliphatic hydroxyl groups is 1. The van der Waals surface area contributed by atoms with Crippen molar-refractivity contribution in [3.63, 3.8) is 0 Å². The Balaban J connectivity index is 2.15. The third kappa shape index (κ3) is 3.26. The monoisotopic (exact) mass is 298 g/mol. The fourth-order valence-electron chi connectivity index (χ4n) is 1.71. The number of ether oxygens (including phenoxy) is 1. The molecule has 106 valence electrons. The molecule has 2 rings (SSSR count). The van der Waals surface area contributed by atoms with Crippen LogP contribution in [0.3, 0.4) is 0 Å². The van der Waals surface area contributed by atoms with Crippen molar-refractivity contribution in [3.8, 4) is 5.75 Å². The molecule has 2 aromatic carbocycles. The van der Waals surface area contributed by atoms with Crippen molar-refractivity contribution in [2.45, 2.75) is 19.6 Å². The first-order valence-corrected chi connectivity index (χ1v) is 6.40. The van der Waals surface area contributed by atoms with Gasteiger partial charge < -0.3 is 9.84 Å². The highest BCUT2D eigenvalue weighted by Crippen LogP contribution is 2.29. The first-order chi connectivity index (χ1) is 9.49. The normalized spacial score (nSPS) is 12.2. The Kier molecular flexibility index (Phi) is 4.57. The minimum Gasteiger partial charge on any atom is -0.487 e. The van der Waals surface area contributed by atoms with Gasteiger partial charge in [0.1, 0.15) is 24.0 Å². The molecule has 1 N–H and O–H groups in total. The molecule has 0 amide bonds. The van der Waals surface area contributed by atoms with Crippen LogP contribution < -0.4 is 4.74 Å². The maximum Gasteiger partial charge on any atom is 0.138 e. The highest BCUT2D eigenvalue weighted by atomic mass is 35.5. The van der Waals surface area contributed by atoms with Gasteiger partial charge in [0.25, 0.3) is 0 Å². The Hall–Kier alpha value is -1.65. The van der Waals surface area contributed by atoms with E-state index in [2.05, 4.69) is 0 Å². The lowest BCUT2D eigenvalue weighted by molar-refractivity contribution is 0.199. The summed E-state index contributed by atoms with van der Waals surface area (Å²) in [5, 5.41) is 9.70. The summed E-state index contributed by atoms with van der Waals surface area (Å²) in [4.78, 5) is 0. The summed E-state index contributed by atoms with van der Waals surface area (Å²) in [6, 6.07) is 8.38. The predicted octanol–water partition coefficient (Wildman–Crippen LogP) is 4.25. The van der Waals surface area contributed by atoms with Crippen LogP contribution in [0.4, 0.5) is 8.78 Å². The summed E-state index contributed by atoms with van der Waals surface area (Å²) in [6.45, 7) is 1.35. The van der Waals surface area contributed by atoms with Crippen molar-refractivity contribution >= 4 is 11.6 Å². The van der Waals surface area contributed by atoms with Crippen molar-refractivity contribution in [1.29, 1.82) is 0 Å². The maximum atomic E-state index is 13.4. The first kappa shape index (κ1) is 14.8. The maximum absolute atomic E-state index is 13.4. The van der Waals surface area contributed by atoms with E-state index >= 15 is 0 Å². The Labute approximate surface area is 120 Å². The van der Waals surface area contributed by atoms with Crippen molar-refractivity contribution in [2.75, 3.05) is 0 Å². The number of halogens is 3. The van der Waals surface area contributed by atoms with E-state index < -0.39 is 17.7 Å². The van der Waals surface area contributed by atoms with Crippen LogP contribution in [0.1, 0.15) is 24.2 Å². The van der Waals surface area contributed by atoms with Gasteiger partial charge in [0.05, 0.1) is 16.7 Å². The molecule has 2 nitrogen and oxygen atoms in total. The largest absolute Gasteiger partial charge is 0.487 e. The Morgan fingerprint density at radius 2 is 1.85 bits per heavy atom. The molecule has 1 atom stereocenters. The van der Waals surface area contributed by atoms with Gasteiger partial charge in [-0.15, -0.1) is 0 Å². The highest BCUT2D eigenvalue weighted by Gasteiger charge is 2.11. The molecule has 0 aliphatic carbocycles. The van der Waals surface area contributed by atoms with Gasteiger partial charge in [-0.05, 0) is 36.8 Å². The van der Waals surface area contributed by atoms with Crippen LogP contribution in [0, 0.1) is 11.6 Å². The standard InChI is InChI=1S/C15H13ClF2O2/c1-9(19)10-5-6-15(12(16)7-10)20-8-11-13(17)3-2-4-14(11)18/h2-7,9,19H,8H2,1H3. The molecular formula is C15H13ClF2O2. The number of aliphatic hydroxyl groups excluding tert-OH is 1. The lowest BCUT2D eigenvalue weighted by atomic mass is 10.1. The summed E-state index contributed by atoms with van der Waals surface area (Å²) in [7, 11) is 0. The Morgan fingerprint density at radius 1 is 1.20 bits per heavy atom. The van der Waals surface area contributed by atoms with Gasteiger partial charge in [0.2, 0.25) is 0 Å². The quantitative estimate of drug-likeness (QED) is 0.914. The van der Waals surface area contributed by atoms with Gasteiger partial charge in [-0.1, -0.05) is 23.7 Å². The molecule has 0 aliphatic rings. The molecule has 5 heteroatoms. The average Bonchev–Trinajstić information content (AvgIpc) is 2.39. The molecular weight excluding hydrogens is 286 g/mol. The highest BCUT2D eigenvalue weighted by molar-refractivity contribution is 6.32. The van der Waals surface area contributed by atoms with Crippen LogP contribution in [-0.4, -0.2) is 5.11 Å². The van der Waals surface area contributed by atoms with E-state index in [1.54, 1.807) is 25.1 Å². The summed E-state index contributed by atoms with van der Waals surface area (Å²) >= 11 is 6.00. The zero-order valence-corrected chi connectivity index (χ0v) is 11.5. The van der Waals surface area contributed by atoms with Gasteiger partial charge in [-0.2, -0.15) is 0 Å². The van der Waals surface area contributed by atoms with E-state index in [9.17, 15) is 13.9 Å². The lowest BCUT2D eigenvalue weighted by Gasteiger charge is -2.11.